The molecule has 0 amide bonds. The molecule has 1 unspecified atom stereocenters. The summed E-state index contributed by atoms with van der Waals surface area (Å²) in [4.78, 5) is 12.6. The summed E-state index contributed by atoms with van der Waals surface area (Å²) in [7, 11) is 0. The number of phenolic OH excluding ortho intramolecular Hbond substituents is 2. The van der Waals surface area contributed by atoms with E-state index in [2.05, 4.69) is 0 Å². The van der Waals surface area contributed by atoms with Crippen molar-refractivity contribution in [2.24, 2.45) is 0 Å². The topological polar surface area (TPSA) is 190 Å². The molecule has 3 aromatic rings. The molecule has 1 saturated heterocycles. The van der Waals surface area contributed by atoms with Crippen LogP contribution in [0.4, 0.5) is 0 Å². The van der Waals surface area contributed by atoms with Gasteiger partial charge in [0.2, 0.25) is 17.5 Å². The van der Waals surface area contributed by atoms with E-state index in [1.807, 2.05) is 0 Å². The van der Waals surface area contributed by atoms with E-state index in [-0.39, 0.29) is 33.8 Å². The lowest BCUT2D eigenvalue weighted by Crippen LogP contribution is -2.59. The van der Waals surface area contributed by atoms with Crippen LogP contribution in [0, 0.1) is 0 Å². The van der Waals surface area contributed by atoms with E-state index in [1.165, 1.54) is 30.3 Å². The van der Waals surface area contributed by atoms with Gasteiger partial charge >= 0.3 is 0 Å². The van der Waals surface area contributed by atoms with Gasteiger partial charge in [-0.15, -0.1) is 0 Å². The van der Waals surface area contributed by atoms with Gasteiger partial charge in [0.15, 0.2) is 12.1 Å². The highest BCUT2D eigenvalue weighted by atomic mass is 16.7. The van der Waals surface area contributed by atoms with Gasteiger partial charge in [0.05, 0.1) is 0 Å². The quantitative estimate of drug-likeness (QED) is 0.287. The molecule has 11 heteroatoms. The molecule has 0 saturated carbocycles. The molecule has 2 heterocycles. The normalized spacial score (nSPS) is 26.1. The van der Waals surface area contributed by atoms with Crippen LogP contribution in [0.1, 0.15) is 0 Å². The van der Waals surface area contributed by atoms with Crippen LogP contribution in [0.2, 0.25) is 0 Å². The lowest BCUT2D eigenvalue weighted by Gasteiger charge is -2.37. The third-order valence-electron chi connectivity index (χ3n) is 4.85. The highest BCUT2D eigenvalue weighted by Crippen LogP contribution is 2.36. The van der Waals surface area contributed by atoms with E-state index in [1.54, 1.807) is 0 Å². The molecule has 11 nitrogen and oxygen atoms in total. The number of aromatic hydroxyl groups is 3. The Bertz CT molecular complexity index is 1170. The summed E-state index contributed by atoms with van der Waals surface area (Å²) in [5, 5.41) is 68.5. The fourth-order valence-electron chi connectivity index (χ4n) is 3.20. The van der Waals surface area contributed by atoms with Gasteiger partial charge in [-0.25, -0.2) is 0 Å². The van der Waals surface area contributed by atoms with E-state index in [4.69, 9.17) is 13.9 Å². The Kier molecular flexibility index (Phi) is 5.21. The Hall–Kier alpha value is -3.35. The zero-order valence-corrected chi connectivity index (χ0v) is 15.6. The third kappa shape index (κ3) is 3.65. The summed E-state index contributed by atoms with van der Waals surface area (Å²) < 4.78 is 15.9. The molecule has 31 heavy (non-hydrogen) atoms. The molecular weight excluding hydrogens is 416 g/mol. The van der Waals surface area contributed by atoms with Gasteiger partial charge in [0.25, 0.3) is 0 Å². The zero-order chi connectivity index (χ0) is 22.4. The summed E-state index contributed by atoms with van der Waals surface area (Å²) in [6.45, 7) is 0. The molecule has 164 valence electrons. The average Bonchev–Trinajstić information content (AvgIpc) is 2.73. The molecule has 4 rings (SSSR count). The fraction of sp³-hybridized carbons (Fsp3) is 0.250. The van der Waals surface area contributed by atoms with Crippen molar-refractivity contribution in [2.45, 2.75) is 30.9 Å². The second kappa shape index (κ2) is 7.72. The zero-order valence-electron chi connectivity index (χ0n) is 15.6. The SMILES string of the molecule is O=c1c(O)c(-c2ccc(O)cc2)oc2cc(OC3O[C@@H](O)[C@H](O)[C@H](O)[C@H]3O)cc(O)c12. The Morgan fingerprint density at radius 3 is 2.23 bits per heavy atom. The molecule has 1 aromatic heterocycles. The molecule has 1 aliphatic rings. The molecule has 1 fully saturated rings. The number of phenols is 2. The first-order valence-corrected chi connectivity index (χ1v) is 9.04. The van der Waals surface area contributed by atoms with Gasteiger partial charge in [0, 0.05) is 17.7 Å². The number of aliphatic hydroxyl groups is 4. The highest BCUT2D eigenvalue weighted by molar-refractivity contribution is 5.88. The molecule has 5 atom stereocenters. The van der Waals surface area contributed by atoms with Crippen molar-refractivity contribution in [3.05, 3.63) is 46.6 Å². The Labute approximate surface area is 173 Å². The summed E-state index contributed by atoms with van der Waals surface area (Å²) in [5.41, 5.74) is -0.838. The maximum absolute atomic E-state index is 12.6. The van der Waals surface area contributed by atoms with Gasteiger partial charge in [0.1, 0.15) is 46.5 Å². The van der Waals surface area contributed by atoms with E-state index in [0.29, 0.717) is 0 Å². The number of rotatable bonds is 3. The van der Waals surface area contributed by atoms with Gasteiger partial charge in [-0.3, -0.25) is 4.79 Å². The molecule has 2 aromatic carbocycles. The molecule has 7 N–H and O–H groups in total. The molecule has 0 bridgehead atoms. The number of fused-ring (bicyclic) bond motifs is 1. The van der Waals surface area contributed by atoms with Crippen molar-refractivity contribution in [2.75, 3.05) is 0 Å². The second-order valence-electron chi connectivity index (χ2n) is 6.96. The average molecular weight is 434 g/mol. The standard InChI is InChI=1S/C20H18O11/c21-8-3-1-7(2-4-8)18-15(25)13(23)12-10(22)5-9(6-11(12)30-18)29-20-17(27)14(24)16(26)19(28)31-20/h1-6,14,16-17,19-22,24-28H/t14-,16+,17+,19+,20?/m0/s1. The van der Waals surface area contributed by atoms with Gasteiger partial charge < -0.3 is 49.6 Å². The third-order valence-corrected chi connectivity index (χ3v) is 4.85. The molecule has 0 spiro atoms. The number of aliphatic hydroxyl groups excluding tert-OH is 4. The molecular formula is C20H18O11. The van der Waals surface area contributed by atoms with Gasteiger partial charge in [-0.1, -0.05) is 0 Å². The van der Waals surface area contributed by atoms with Crippen LogP contribution in [0.5, 0.6) is 23.0 Å². The van der Waals surface area contributed by atoms with Crippen LogP contribution < -0.4 is 10.2 Å². The summed E-state index contributed by atoms with van der Waals surface area (Å²) >= 11 is 0. The van der Waals surface area contributed by atoms with Gasteiger partial charge in [-0.2, -0.15) is 0 Å². The Morgan fingerprint density at radius 1 is 0.871 bits per heavy atom. The maximum atomic E-state index is 12.6. The summed E-state index contributed by atoms with van der Waals surface area (Å²) in [6.07, 6.45) is -8.72. The van der Waals surface area contributed by atoms with Crippen LogP contribution in [-0.4, -0.2) is 66.6 Å². The highest BCUT2D eigenvalue weighted by Gasteiger charge is 2.44. The predicted octanol–water partition coefficient (Wildman–Crippen LogP) is -0.287. The minimum absolute atomic E-state index is 0.0414. The van der Waals surface area contributed by atoms with Crippen molar-refractivity contribution < 1.29 is 49.6 Å². The molecule has 0 aliphatic carbocycles. The lowest BCUT2D eigenvalue weighted by atomic mass is 10.0. The Balaban J connectivity index is 1.76. The van der Waals surface area contributed by atoms with Crippen LogP contribution in [0.25, 0.3) is 22.3 Å². The smallest absolute Gasteiger partial charge is 0.238 e. The first-order chi connectivity index (χ1) is 14.7. The maximum Gasteiger partial charge on any atom is 0.238 e. The molecule has 0 radical (unpaired) electrons. The van der Waals surface area contributed by atoms with E-state index in [9.17, 15) is 40.5 Å². The Morgan fingerprint density at radius 2 is 1.55 bits per heavy atom. The fourth-order valence-corrected chi connectivity index (χ4v) is 3.20. The van der Waals surface area contributed by atoms with Crippen molar-refractivity contribution in [1.82, 2.24) is 0 Å². The minimum atomic E-state index is -1.84. The number of hydrogen-bond donors (Lipinski definition) is 7. The van der Waals surface area contributed by atoms with Crippen molar-refractivity contribution >= 4 is 11.0 Å². The van der Waals surface area contributed by atoms with Crippen molar-refractivity contribution in [1.29, 1.82) is 0 Å². The van der Waals surface area contributed by atoms with E-state index >= 15 is 0 Å². The molecule has 1 aliphatic heterocycles. The van der Waals surface area contributed by atoms with E-state index in [0.717, 1.165) is 6.07 Å². The number of benzene rings is 2. The first-order valence-electron chi connectivity index (χ1n) is 9.04. The van der Waals surface area contributed by atoms with Crippen LogP contribution >= 0.6 is 0 Å². The van der Waals surface area contributed by atoms with Crippen molar-refractivity contribution in [3.8, 4) is 34.3 Å². The predicted molar refractivity (Wildman–Crippen MR) is 102 cm³/mol. The number of ether oxygens (including phenoxy) is 2. The lowest BCUT2D eigenvalue weighted by molar-refractivity contribution is -0.321. The van der Waals surface area contributed by atoms with Crippen molar-refractivity contribution in [3.63, 3.8) is 0 Å². The minimum Gasteiger partial charge on any atom is -0.508 e. The monoisotopic (exact) mass is 434 g/mol. The first kappa shape index (κ1) is 20.9. The number of hydrogen-bond acceptors (Lipinski definition) is 11. The van der Waals surface area contributed by atoms with Crippen LogP contribution in [-0.2, 0) is 4.74 Å². The van der Waals surface area contributed by atoms with Gasteiger partial charge in [-0.05, 0) is 24.3 Å². The van der Waals surface area contributed by atoms with Crippen LogP contribution in [0.3, 0.4) is 0 Å². The van der Waals surface area contributed by atoms with E-state index < -0.39 is 47.8 Å². The summed E-state index contributed by atoms with van der Waals surface area (Å²) in [6, 6.07) is 7.60. The second-order valence-corrected chi connectivity index (χ2v) is 6.96. The van der Waals surface area contributed by atoms with Crippen LogP contribution in [0.15, 0.2) is 45.6 Å². The largest absolute Gasteiger partial charge is 0.508 e. The summed E-state index contributed by atoms with van der Waals surface area (Å²) in [5.74, 6) is -1.80.